The Labute approximate surface area is 161 Å². The van der Waals surface area contributed by atoms with Crippen molar-refractivity contribution in [1.82, 2.24) is 29.9 Å². The Morgan fingerprint density at radius 3 is 0.931 bits per heavy atom. The number of fused-ring (bicyclic) bond motifs is 6. The van der Waals surface area contributed by atoms with E-state index in [1.165, 1.54) is 0 Å². The van der Waals surface area contributed by atoms with Crippen molar-refractivity contribution in [2.45, 2.75) is 6.92 Å². The molecule has 0 aliphatic heterocycles. The van der Waals surface area contributed by atoms with Gasteiger partial charge in [-0.05, 0) is 6.92 Å². The van der Waals surface area contributed by atoms with Crippen molar-refractivity contribution in [3.63, 3.8) is 0 Å². The third-order valence-corrected chi connectivity index (χ3v) is 4.06. The first-order valence-electron chi connectivity index (χ1n) is 7.80. The molecule has 0 amide bonds. The summed E-state index contributed by atoms with van der Waals surface area (Å²) in [4.78, 5) is 25.3. The number of hydrogen-bond acceptors (Lipinski definition) is 11. The molecule has 0 bridgehead atoms. The van der Waals surface area contributed by atoms with Crippen LogP contribution in [0.5, 0.6) is 0 Å². The molecule has 0 unspecified atom stereocenters. The zero-order valence-corrected chi connectivity index (χ0v) is 14.4. The smallest absolute Gasteiger partial charge is 0.177 e. The Morgan fingerprint density at radius 1 is 0.414 bits per heavy atom. The van der Waals surface area contributed by atoms with Gasteiger partial charge in [0.2, 0.25) is 0 Å². The van der Waals surface area contributed by atoms with E-state index < -0.39 is 0 Å². The second kappa shape index (κ2) is 6.14. The average molecular weight is 373 g/mol. The number of aryl methyl sites for hydroxylation is 1. The molecule has 4 rings (SSSR count). The highest BCUT2D eigenvalue weighted by Gasteiger charge is 2.22. The van der Waals surface area contributed by atoms with Crippen molar-refractivity contribution in [2.75, 3.05) is 0 Å². The maximum Gasteiger partial charge on any atom is 0.177 e. The predicted octanol–water partition coefficient (Wildman–Crippen LogP) is 1.18. The molecule has 0 saturated carbocycles. The van der Waals surface area contributed by atoms with Crippen LogP contribution in [0.4, 0.5) is 0 Å². The Bertz CT molecular complexity index is 1570. The summed E-state index contributed by atoms with van der Waals surface area (Å²) < 4.78 is 0. The maximum absolute atomic E-state index is 9.31. The van der Waals surface area contributed by atoms with E-state index in [-0.39, 0.29) is 61.6 Å². The van der Waals surface area contributed by atoms with E-state index in [2.05, 4.69) is 29.9 Å². The molecule has 0 fully saturated rings. The zero-order valence-electron chi connectivity index (χ0n) is 14.4. The minimum absolute atomic E-state index is 0.0323. The van der Waals surface area contributed by atoms with Crippen molar-refractivity contribution >= 4 is 33.1 Å². The van der Waals surface area contributed by atoms with Gasteiger partial charge in [-0.1, -0.05) is 0 Å². The molecule has 0 N–H and O–H groups in total. The van der Waals surface area contributed by atoms with Crippen molar-refractivity contribution in [3.05, 3.63) is 34.2 Å². The fraction of sp³-hybridized carbons (Fsp3) is 0.0556. The molecular weight excluding hydrogens is 370 g/mol. The number of aromatic nitrogens is 6. The van der Waals surface area contributed by atoms with E-state index in [9.17, 15) is 26.3 Å². The Balaban J connectivity index is 2.41. The van der Waals surface area contributed by atoms with Gasteiger partial charge in [-0.25, -0.2) is 29.9 Å². The van der Waals surface area contributed by atoms with Crippen LogP contribution in [-0.2, 0) is 0 Å². The molecule has 1 aromatic carbocycles. The SMILES string of the molecule is Cc1nc2c(nc1C#N)c1nc(C#N)c(C#N)nc1c1nc(C#N)c(C#N)nc21. The number of benzene rings is 1. The molecule has 11 nitrogen and oxygen atoms in total. The Morgan fingerprint density at radius 2 is 0.655 bits per heavy atom. The molecule has 0 saturated heterocycles. The van der Waals surface area contributed by atoms with Crippen molar-refractivity contribution in [2.24, 2.45) is 0 Å². The molecule has 130 valence electrons. The summed E-state index contributed by atoms with van der Waals surface area (Å²) >= 11 is 0. The topological polar surface area (TPSA) is 196 Å². The third-order valence-electron chi connectivity index (χ3n) is 4.06. The molecule has 0 radical (unpaired) electrons. The fourth-order valence-corrected chi connectivity index (χ4v) is 2.80. The molecule has 4 aromatic rings. The molecule has 0 aliphatic rings. The van der Waals surface area contributed by atoms with E-state index >= 15 is 0 Å². The monoisotopic (exact) mass is 373 g/mol. The summed E-state index contributed by atoms with van der Waals surface area (Å²) in [6, 6.07) is 9.09. The van der Waals surface area contributed by atoms with Crippen LogP contribution in [0.3, 0.4) is 0 Å². The van der Waals surface area contributed by atoms with Crippen LogP contribution in [-0.4, -0.2) is 29.9 Å². The number of rotatable bonds is 0. The molecule has 3 aromatic heterocycles. The number of hydrogen-bond donors (Lipinski definition) is 0. The second-order valence-corrected chi connectivity index (χ2v) is 5.65. The van der Waals surface area contributed by atoms with E-state index in [4.69, 9.17) is 0 Å². The van der Waals surface area contributed by atoms with Gasteiger partial charge in [0.05, 0.1) is 5.69 Å². The summed E-state index contributed by atoms with van der Waals surface area (Å²) in [5.41, 5.74) is 0.0445. The first-order chi connectivity index (χ1) is 14.1. The normalized spacial score (nSPS) is 10.1. The van der Waals surface area contributed by atoms with Crippen LogP contribution >= 0.6 is 0 Å². The fourth-order valence-electron chi connectivity index (χ4n) is 2.80. The number of nitrogens with zero attached hydrogens (tertiary/aromatic N) is 11. The highest BCUT2D eigenvalue weighted by atomic mass is 14.9. The number of nitriles is 5. The Hall–Kier alpha value is -5.31. The summed E-state index contributed by atoms with van der Waals surface area (Å²) in [5, 5.41) is 46.5. The summed E-state index contributed by atoms with van der Waals surface area (Å²) in [5.74, 6) is 0. The van der Waals surface area contributed by atoms with E-state index in [1.54, 1.807) is 31.2 Å². The van der Waals surface area contributed by atoms with Gasteiger partial charge in [0.15, 0.2) is 28.5 Å². The van der Waals surface area contributed by atoms with Crippen LogP contribution in [0, 0.1) is 63.6 Å². The summed E-state index contributed by atoms with van der Waals surface area (Å²) in [7, 11) is 0. The van der Waals surface area contributed by atoms with E-state index in [1.807, 2.05) is 6.07 Å². The largest absolute Gasteiger partial charge is 0.246 e. The van der Waals surface area contributed by atoms with Crippen molar-refractivity contribution < 1.29 is 0 Å². The lowest BCUT2D eigenvalue weighted by Gasteiger charge is -2.09. The lowest BCUT2D eigenvalue weighted by Crippen LogP contribution is -2.05. The van der Waals surface area contributed by atoms with Crippen molar-refractivity contribution in [1.29, 1.82) is 26.3 Å². The first-order valence-corrected chi connectivity index (χ1v) is 7.80. The van der Waals surface area contributed by atoms with Gasteiger partial charge in [0, 0.05) is 0 Å². The minimum Gasteiger partial charge on any atom is -0.246 e. The minimum atomic E-state index is -0.245. The molecule has 0 aliphatic carbocycles. The molecule has 0 spiro atoms. The molecular formula is C18H3N11. The van der Waals surface area contributed by atoms with E-state index in [0.29, 0.717) is 5.69 Å². The Kier molecular flexibility index (Phi) is 3.63. The predicted molar refractivity (Wildman–Crippen MR) is 94.0 cm³/mol. The molecule has 3 heterocycles. The van der Waals surface area contributed by atoms with Gasteiger partial charge in [-0.3, -0.25) is 0 Å². The second-order valence-electron chi connectivity index (χ2n) is 5.65. The van der Waals surface area contributed by atoms with Gasteiger partial charge >= 0.3 is 0 Å². The van der Waals surface area contributed by atoms with Gasteiger partial charge in [0.25, 0.3) is 0 Å². The quantitative estimate of drug-likeness (QED) is 0.401. The first kappa shape index (κ1) is 17.1. The molecule has 11 heteroatoms. The van der Waals surface area contributed by atoms with Gasteiger partial charge in [0.1, 0.15) is 63.4 Å². The van der Waals surface area contributed by atoms with Gasteiger partial charge in [-0.15, -0.1) is 0 Å². The molecule has 0 atom stereocenters. The van der Waals surface area contributed by atoms with Crippen LogP contribution in [0.15, 0.2) is 0 Å². The average Bonchev–Trinajstić information content (AvgIpc) is 2.76. The van der Waals surface area contributed by atoms with E-state index in [0.717, 1.165) is 0 Å². The van der Waals surface area contributed by atoms with Crippen LogP contribution in [0.25, 0.3) is 33.1 Å². The zero-order chi connectivity index (χ0) is 20.7. The highest BCUT2D eigenvalue weighted by molar-refractivity contribution is 6.18. The van der Waals surface area contributed by atoms with Crippen LogP contribution in [0.2, 0.25) is 0 Å². The van der Waals surface area contributed by atoms with Gasteiger partial charge < -0.3 is 0 Å². The van der Waals surface area contributed by atoms with Crippen LogP contribution < -0.4 is 0 Å². The lowest BCUT2D eigenvalue weighted by molar-refractivity contribution is 1.13. The highest BCUT2D eigenvalue weighted by Crippen LogP contribution is 2.30. The summed E-state index contributed by atoms with van der Waals surface area (Å²) in [6.07, 6.45) is 0. The third kappa shape index (κ3) is 2.32. The molecule has 29 heavy (non-hydrogen) atoms. The van der Waals surface area contributed by atoms with Gasteiger partial charge in [-0.2, -0.15) is 26.3 Å². The van der Waals surface area contributed by atoms with Crippen molar-refractivity contribution in [3.8, 4) is 30.3 Å². The van der Waals surface area contributed by atoms with Crippen LogP contribution in [0.1, 0.15) is 34.2 Å². The summed E-state index contributed by atoms with van der Waals surface area (Å²) in [6.45, 7) is 1.58. The standard InChI is InChI=1S/C18H3N11/c1-7-8(2-19)25-14-13(24-7)15-17(28-10(4-21)9(3-20)26-15)18-16(14)27-11(5-22)12(6-23)29-18/h1H3. The lowest BCUT2D eigenvalue weighted by atomic mass is 10.1. The maximum atomic E-state index is 9.31.